The zero-order chi connectivity index (χ0) is 12.6. The van der Waals surface area contributed by atoms with Crippen LogP contribution in [0.4, 0.5) is 0 Å². The number of nitrogens with two attached hydrogens (primary N) is 1. The Morgan fingerprint density at radius 2 is 1.56 bits per heavy atom. The van der Waals surface area contributed by atoms with Crippen LogP contribution in [0.2, 0.25) is 0 Å². The predicted octanol–water partition coefficient (Wildman–Crippen LogP) is 3.73. The zero-order valence-corrected chi connectivity index (χ0v) is 10.8. The molecule has 1 saturated carbocycles. The normalized spacial score (nSPS) is 26.7. The molecule has 0 aliphatic heterocycles. The van der Waals surface area contributed by atoms with Crippen molar-refractivity contribution in [3.05, 3.63) is 71.3 Å². The van der Waals surface area contributed by atoms with E-state index in [-0.39, 0.29) is 5.54 Å². The first kappa shape index (κ1) is 11.5. The average molecular weight is 237 g/mol. The second kappa shape index (κ2) is 4.25. The highest BCUT2D eigenvalue weighted by atomic mass is 14.8. The van der Waals surface area contributed by atoms with Gasteiger partial charge in [-0.25, -0.2) is 0 Å². The first-order valence-corrected chi connectivity index (χ1v) is 6.59. The molecule has 18 heavy (non-hydrogen) atoms. The fourth-order valence-electron chi connectivity index (χ4n) is 3.13. The minimum absolute atomic E-state index is 0.119. The molecule has 0 heterocycles. The first-order chi connectivity index (χ1) is 8.69. The lowest BCUT2D eigenvalue weighted by molar-refractivity contribution is 0.208. The molecule has 0 amide bonds. The van der Waals surface area contributed by atoms with E-state index < -0.39 is 0 Å². The summed E-state index contributed by atoms with van der Waals surface area (Å²) in [6.45, 7) is 2.15. The SMILES string of the molecule is Cc1ccccc1C1(N)CC(c2ccccc2)C1. The molecule has 2 aromatic carbocycles. The molecular weight excluding hydrogens is 218 g/mol. The second-order valence-corrected chi connectivity index (χ2v) is 5.49. The molecule has 1 aliphatic rings. The van der Waals surface area contributed by atoms with Crippen LogP contribution in [0.1, 0.15) is 35.4 Å². The van der Waals surface area contributed by atoms with Crippen molar-refractivity contribution in [1.82, 2.24) is 0 Å². The van der Waals surface area contributed by atoms with Crippen LogP contribution in [0.3, 0.4) is 0 Å². The molecule has 1 nitrogen and oxygen atoms in total. The van der Waals surface area contributed by atoms with Crippen LogP contribution in [-0.2, 0) is 5.54 Å². The Morgan fingerprint density at radius 3 is 2.22 bits per heavy atom. The van der Waals surface area contributed by atoms with E-state index in [1.165, 1.54) is 16.7 Å². The molecule has 1 fully saturated rings. The Balaban J connectivity index is 1.80. The molecule has 0 aromatic heterocycles. The van der Waals surface area contributed by atoms with E-state index >= 15 is 0 Å². The summed E-state index contributed by atoms with van der Waals surface area (Å²) in [6.07, 6.45) is 2.11. The summed E-state index contributed by atoms with van der Waals surface area (Å²) in [5, 5.41) is 0. The quantitative estimate of drug-likeness (QED) is 0.846. The Hall–Kier alpha value is -1.60. The van der Waals surface area contributed by atoms with Crippen LogP contribution >= 0.6 is 0 Å². The van der Waals surface area contributed by atoms with Gasteiger partial charge in [0.2, 0.25) is 0 Å². The molecular formula is C17H19N. The number of rotatable bonds is 2. The van der Waals surface area contributed by atoms with Crippen LogP contribution in [0.25, 0.3) is 0 Å². The monoisotopic (exact) mass is 237 g/mol. The average Bonchev–Trinajstić information content (AvgIpc) is 2.37. The maximum Gasteiger partial charge on any atom is 0.0424 e. The van der Waals surface area contributed by atoms with Gasteiger partial charge in [0, 0.05) is 5.54 Å². The van der Waals surface area contributed by atoms with Crippen molar-refractivity contribution in [2.45, 2.75) is 31.2 Å². The van der Waals surface area contributed by atoms with E-state index in [4.69, 9.17) is 5.73 Å². The fraction of sp³-hybridized carbons (Fsp3) is 0.294. The topological polar surface area (TPSA) is 26.0 Å². The number of benzene rings is 2. The Labute approximate surface area is 109 Å². The Bertz CT molecular complexity index is 539. The van der Waals surface area contributed by atoms with E-state index in [0.29, 0.717) is 5.92 Å². The molecule has 1 aliphatic carbocycles. The van der Waals surface area contributed by atoms with Gasteiger partial charge in [-0.2, -0.15) is 0 Å². The van der Waals surface area contributed by atoms with Crippen molar-refractivity contribution >= 4 is 0 Å². The van der Waals surface area contributed by atoms with Gasteiger partial charge in [0.05, 0.1) is 0 Å². The summed E-state index contributed by atoms with van der Waals surface area (Å²) in [5.41, 5.74) is 10.5. The third-order valence-electron chi connectivity index (χ3n) is 4.17. The van der Waals surface area contributed by atoms with E-state index in [2.05, 4.69) is 61.5 Å². The lowest BCUT2D eigenvalue weighted by Gasteiger charge is -2.46. The molecule has 3 rings (SSSR count). The summed E-state index contributed by atoms with van der Waals surface area (Å²) in [5.74, 6) is 0.621. The van der Waals surface area contributed by atoms with E-state index in [1.807, 2.05) is 0 Å². The van der Waals surface area contributed by atoms with Crippen molar-refractivity contribution in [2.24, 2.45) is 5.73 Å². The number of hydrogen-bond acceptors (Lipinski definition) is 1. The smallest absolute Gasteiger partial charge is 0.0424 e. The maximum atomic E-state index is 6.55. The van der Waals surface area contributed by atoms with E-state index in [1.54, 1.807) is 0 Å². The Kier molecular flexibility index (Phi) is 2.71. The van der Waals surface area contributed by atoms with Crippen molar-refractivity contribution in [2.75, 3.05) is 0 Å². The van der Waals surface area contributed by atoms with Gasteiger partial charge < -0.3 is 5.73 Å². The molecule has 0 radical (unpaired) electrons. The van der Waals surface area contributed by atoms with Gasteiger partial charge in [0.1, 0.15) is 0 Å². The largest absolute Gasteiger partial charge is 0.321 e. The maximum absolute atomic E-state index is 6.55. The highest BCUT2D eigenvalue weighted by Crippen LogP contribution is 2.49. The molecule has 92 valence electrons. The van der Waals surface area contributed by atoms with Crippen LogP contribution in [0.15, 0.2) is 54.6 Å². The molecule has 0 saturated heterocycles. The van der Waals surface area contributed by atoms with Gasteiger partial charge >= 0.3 is 0 Å². The number of hydrogen-bond donors (Lipinski definition) is 1. The molecule has 0 atom stereocenters. The lowest BCUT2D eigenvalue weighted by atomic mass is 9.62. The fourth-order valence-corrected chi connectivity index (χ4v) is 3.13. The molecule has 2 aromatic rings. The molecule has 0 unspecified atom stereocenters. The van der Waals surface area contributed by atoms with Gasteiger partial charge in [-0.05, 0) is 42.4 Å². The van der Waals surface area contributed by atoms with Crippen molar-refractivity contribution in [3.63, 3.8) is 0 Å². The van der Waals surface area contributed by atoms with Gasteiger partial charge in [-0.15, -0.1) is 0 Å². The molecule has 1 heteroatoms. The van der Waals surface area contributed by atoms with E-state index in [0.717, 1.165) is 12.8 Å². The highest BCUT2D eigenvalue weighted by Gasteiger charge is 2.43. The van der Waals surface area contributed by atoms with Crippen molar-refractivity contribution < 1.29 is 0 Å². The van der Waals surface area contributed by atoms with Gasteiger partial charge in [-0.3, -0.25) is 0 Å². The van der Waals surface area contributed by atoms with Gasteiger partial charge in [0.25, 0.3) is 0 Å². The van der Waals surface area contributed by atoms with E-state index in [9.17, 15) is 0 Å². The van der Waals surface area contributed by atoms with Crippen LogP contribution in [0.5, 0.6) is 0 Å². The summed E-state index contributed by atoms with van der Waals surface area (Å²) in [7, 11) is 0. The highest BCUT2D eigenvalue weighted by molar-refractivity contribution is 5.37. The van der Waals surface area contributed by atoms with Crippen LogP contribution < -0.4 is 5.73 Å². The summed E-state index contributed by atoms with van der Waals surface area (Å²) in [6, 6.07) is 19.2. The lowest BCUT2D eigenvalue weighted by Crippen LogP contribution is -2.48. The predicted molar refractivity (Wildman–Crippen MR) is 75.5 cm³/mol. The van der Waals surface area contributed by atoms with Gasteiger partial charge in [0.15, 0.2) is 0 Å². The minimum Gasteiger partial charge on any atom is -0.321 e. The second-order valence-electron chi connectivity index (χ2n) is 5.49. The zero-order valence-electron chi connectivity index (χ0n) is 10.8. The first-order valence-electron chi connectivity index (χ1n) is 6.59. The summed E-state index contributed by atoms with van der Waals surface area (Å²) >= 11 is 0. The molecule has 2 N–H and O–H groups in total. The third-order valence-corrected chi connectivity index (χ3v) is 4.17. The summed E-state index contributed by atoms with van der Waals surface area (Å²) < 4.78 is 0. The summed E-state index contributed by atoms with van der Waals surface area (Å²) in [4.78, 5) is 0. The molecule has 0 bridgehead atoms. The standard InChI is InChI=1S/C17H19N/c1-13-7-5-6-10-16(13)17(18)11-15(12-17)14-8-3-2-4-9-14/h2-10,15H,11-12,18H2,1H3. The Morgan fingerprint density at radius 1 is 0.944 bits per heavy atom. The van der Waals surface area contributed by atoms with Crippen molar-refractivity contribution in [1.29, 1.82) is 0 Å². The van der Waals surface area contributed by atoms with Crippen molar-refractivity contribution in [3.8, 4) is 0 Å². The third kappa shape index (κ3) is 1.85. The minimum atomic E-state index is -0.119. The molecule has 0 spiro atoms. The van der Waals surface area contributed by atoms with Gasteiger partial charge in [-0.1, -0.05) is 54.6 Å². The number of aryl methyl sites for hydroxylation is 1. The van der Waals surface area contributed by atoms with Crippen LogP contribution in [-0.4, -0.2) is 0 Å². The van der Waals surface area contributed by atoms with Crippen LogP contribution in [0, 0.1) is 6.92 Å².